The van der Waals surface area contributed by atoms with E-state index >= 15 is 0 Å². The van der Waals surface area contributed by atoms with Crippen LogP contribution in [0.15, 0.2) is 10.3 Å². The van der Waals surface area contributed by atoms with Gasteiger partial charge in [0.15, 0.2) is 11.1 Å². The van der Waals surface area contributed by atoms with Crippen LogP contribution < -0.4 is 4.74 Å². The minimum atomic E-state index is -1.99. The topological polar surface area (TPSA) is 59.4 Å². The first-order valence-electron chi connectivity index (χ1n) is 2.35. The smallest absolute Gasteiger partial charge is 0.243 e. The van der Waals surface area contributed by atoms with Gasteiger partial charge < -0.3 is 9.29 Å². The molecule has 0 aliphatic rings. The summed E-state index contributed by atoms with van der Waals surface area (Å²) in [5, 5.41) is 1.48. The lowest BCUT2D eigenvalue weighted by Crippen LogP contribution is -1.90. The Morgan fingerprint density at radius 3 is 3.00 bits per heavy atom. The molecule has 1 unspecified atom stereocenters. The first-order chi connectivity index (χ1) is 4.75. The van der Waals surface area contributed by atoms with Gasteiger partial charge in [-0.05, 0) is 11.5 Å². The molecule has 0 saturated heterocycles. The maximum absolute atomic E-state index is 10.4. The molecule has 1 N–H and O–H groups in total. The van der Waals surface area contributed by atoms with Crippen molar-refractivity contribution in [2.45, 2.75) is 4.90 Å². The van der Waals surface area contributed by atoms with Crippen LogP contribution in [0.5, 0.6) is 5.88 Å². The van der Waals surface area contributed by atoms with Crippen molar-refractivity contribution in [2.24, 2.45) is 0 Å². The lowest BCUT2D eigenvalue weighted by atomic mass is 10.7. The molecular formula is C4H5NO3S2. The highest BCUT2D eigenvalue weighted by molar-refractivity contribution is 7.79. The number of hydrogen-bond donors (Lipinski definition) is 1. The molecule has 1 aromatic heterocycles. The summed E-state index contributed by atoms with van der Waals surface area (Å²) >= 11 is -0.895. The largest absolute Gasteiger partial charge is 0.479 e. The molecule has 1 aromatic rings. The zero-order chi connectivity index (χ0) is 7.56. The van der Waals surface area contributed by atoms with Gasteiger partial charge in [0.2, 0.25) is 5.88 Å². The Labute approximate surface area is 64.3 Å². The number of aromatic nitrogens is 1. The van der Waals surface area contributed by atoms with Crippen molar-refractivity contribution in [1.82, 2.24) is 4.37 Å². The summed E-state index contributed by atoms with van der Waals surface area (Å²) in [4.78, 5) is 0.229. The Hall–Kier alpha value is -0.460. The lowest BCUT2D eigenvalue weighted by molar-refractivity contribution is 0.390. The molecule has 1 rings (SSSR count). The quantitative estimate of drug-likeness (QED) is 0.680. The molecule has 0 bridgehead atoms. The molecule has 6 heteroatoms. The van der Waals surface area contributed by atoms with Gasteiger partial charge in [-0.15, -0.1) is 0 Å². The van der Waals surface area contributed by atoms with Gasteiger partial charge in [-0.25, -0.2) is 4.21 Å². The van der Waals surface area contributed by atoms with E-state index in [2.05, 4.69) is 4.37 Å². The van der Waals surface area contributed by atoms with E-state index in [-0.39, 0.29) is 10.8 Å². The van der Waals surface area contributed by atoms with Crippen molar-refractivity contribution < 1.29 is 13.5 Å². The summed E-state index contributed by atoms with van der Waals surface area (Å²) < 4.78 is 27.4. The average molecular weight is 179 g/mol. The molecule has 0 spiro atoms. The van der Waals surface area contributed by atoms with E-state index in [0.29, 0.717) is 0 Å². The molecule has 10 heavy (non-hydrogen) atoms. The van der Waals surface area contributed by atoms with Crippen LogP contribution in [0.4, 0.5) is 0 Å². The standard InChI is InChI=1S/C4H5NO3S2/c1-8-4-3(10(6)7)2-9-5-4/h2H,1H3,(H,6,7). The summed E-state index contributed by atoms with van der Waals surface area (Å²) in [5.74, 6) is 0.228. The fourth-order valence-electron chi connectivity index (χ4n) is 0.471. The van der Waals surface area contributed by atoms with Crippen LogP contribution in [0.2, 0.25) is 0 Å². The first kappa shape index (κ1) is 7.64. The molecule has 0 fully saturated rings. The van der Waals surface area contributed by atoms with Crippen LogP contribution in [0.3, 0.4) is 0 Å². The third kappa shape index (κ3) is 1.34. The number of rotatable bonds is 2. The van der Waals surface area contributed by atoms with Gasteiger partial charge in [-0.2, -0.15) is 4.37 Å². The van der Waals surface area contributed by atoms with E-state index in [0.717, 1.165) is 11.5 Å². The molecule has 1 heterocycles. The van der Waals surface area contributed by atoms with Crippen molar-refractivity contribution in [3.05, 3.63) is 5.38 Å². The van der Waals surface area contributed by atoms with Crippen LogP contribution in [0.1, 0.15) is 0 Å². The highest BCUT2D eigenvalue weighted by Crippen LogP contribution is 2.20. The fraction of sp³-hybridized carbons (Fsp3) is 0.250. The Morgan fingerprint density at radius 1 is 1.90 bits per heavy atom. The summed E-state index contributed by atoms with van der Waals surface area (Å²) in [7, 11) is 1.41. The Kier molecular flexibility index (Phi) is 2.36. The minimum absolute atomic E-state index is 0.228. The maximum Gasteiger partial charge on any atom is 0.243 e. The second-order valence-electron chi connectivity index (χ2n) is 1.44. The molecule has 0 amide bonds. The van der Waals surface area contributed by atoms with Crippen molar-refractivity contribution in [3.63, 3.8) is 0 Å². The van der Waals surface area contributed by atoms with Crippen LogP contribution in [-0.2, 0) is 11.1 Å². The molecule has 0 aromatic carbocycles. The van der Waals surface area contributed by atoms with Crippen LogP contribution in [0.25, 0.3) is 0 Å². The Morgan fingerprint density at radius 2 is 2.60 bits per heavy atom. The van der Waals surface area contributed by atoms with Crippen molar-refractivity contribution >= 4 is 22.6 Å². The molecule has 56 valence electrons. The highest BCUT2D eigenvalue weighted by Gasteiger charge is 2.10. The number of methoxy groups -OCH3 is 1. The van der Waals surface area contributed by atoms with Gasteiger partial charge in [-0.1, -0.05) is 0 Å². The Bertz CT molecular complexity index is 246. The van der Waals surface area contributed by atoms with Gasteiger partial charge in [0, 0.05) is 5.38 Å². The predicted octanol–water partition coefficient (Wildman–Crippen LogP) is 0.732. The van der Waals surface area contributed by atoms with Gasteiger partial charge in [-0.3, -0.25) is 0 Å². The SMILES string of the molecule is COc1nscc1S(=O)O. The predicted molar refractivity (Wildman–Crippen MR) is 37.7 cm³/mol. The third-order valence-corrected chi connectivity index (χ3v) is 2.32. The first-order valence-corrected chi connectivity index (χ1v) is 4.29. The lowest BCUT2D eigenvalue weighted by Gasteiger charge is -1.93. The fourth-order valence-corrected chi connectivity index (χ4v) is 1.78. The van der Waals surface area contributed by atoms with Gasteiger partial charge in [0.1, 0.15) is 4.90 Å². The third-order valence-electron chi connectivity index (χ3n) is 0.888. The Balaban J connectivity index is 3.01. The second kappa shape index (κ2) is 3.09. The van der Waals surface area contributed by atoms with Gasteiger partial charge in [0.05, 0.1) is 7.11 Å². The van der Waals surface area contributed by atoms with Gasteiger partial charge in [0.25, 0.3) is 0 Å². The van der Waals surface area contributed by atoms with Crippen LogP contribution >= 0.6 is 11.5 Å². The summed E-state index contributed by atoms with van der Waals surface area (Å²) in [6.45, 7) is 0. The molecule has 0 saturated carbocycles. The van der Waals surface area contributed by atoms with E-state index in [9.17, 15) is 4.21 Å². The summed E-state index contributed by atoms with van der Waals surface area (Å²) in [6.07, 6.45) is 0. The molecule has 0 aliphatic carbocycles. The number of ether oxygens (including phenoxy) is 1. The van der Waals surface area contributed by atoms with E-state index < -0.39 is 11.1 Å². The number of nitrogens with zero attached hydrogens (tertiary/aromatic N) is 1. The molecule has 0 radical (unpaired) electrons. The highest BCUT2D eigenvalue weighted by atomic mass is 32.2. The van der Waals surface area contributed by atoms with E-state index in [4.69, 9.17) is 9.29 Å². The molecule has 4 nitrogen and oxygen atoms in total. The van der Waals surface area contributed by atoms with Crippen molar-refractivity contribution in [2.75, 3.05) is 7.11 Å². The van der Waals surface area contributed by atoms with Crippen LogP contribution in [0, 0.1) is 0 Å². The average Bonchev–Trinajstić information content (AvgIpc) is 2.33. The zero-order valence-corrected chi connectivity index (χ0v) is 6.74. The van der Waals surface area contributed by atoms with Crippen LogP contribution in [-0.4, -0.2) is 20.2 Å². The van der Waals surface area contributed by atoms with E-state index in [1.807, 2.05) is 0 Å². The second-order valence-corrected chi connectivity index (χ2v) is 3.00. The van der Waals surface area contributed by atoms with Gasteiger partial charge >= 0.3 is 0 Å². The number of hydrogen-bond acceptors (Lipinski definition) is 4. The normalized spacial score (nSPS) is 13.0. The summed E-state index contributed by atoms with van der Waals surface area (Å²) in [5.41, 5.74) is 0. The maximum atomic E-state index is 10.4. The van der Waals surface area contributed by atoms with Crippen molar-refractivity contribution in [3.8, 4) is 5.88 Å². The van der Waals surface area contributed by atoms with E-state index in [1.54, 1.807) is 0 Å². The minimum Gasteiger partial charge on any atom is -0.479 e. The van der Waals surface area contributed by atoms with Crippen molar-refractivity contribution in [1.29, 1.82) is 0 Å². The zero-order valence-electron chi connectivity index (χ0n) is 5.10. The monoisotopic (exact) mass is 179 g/mol. The molecular weight excluding hydrogens is 174 g/mol. The molecule has 1 atom stereocenters. The molecule has 0 aliphatic heterocycles. The van der Waals surface area contributed by atoms with E-state index in [1.165, 1.54) is 12.5 Å². The summed E-state index contributed by atoms with van der Waals surface area (Å²) in [6, 6.07) is 0.